The highest BCUT2D eigenvalue weighted by Gasteiger charge is 2.22. The van der Waals surface area contributed by atoms with Crippen molar-refractivity contribution in [3.05, 3.63) is 95.1 Å². The molecule has 0 unspecified atom stereocenters. The lowest BCUT2D eigenvalue weighted by Gasteiger charge is -2.28. The van der Waals surface area contributed by atoms with E-state index in [9.17, 15) is 4.39 Å². The van der Waals surface area contributed by atoms with Gasteiger partial charge in [0.05, 0.1) is 11.1 Å². The molecule has 1 fully saturated rings. The van der Waals surface area contributed by atoms with Gasteiger partial charge < -0.3 is 0 Å². The summed E-state index contributed by atoms with van der Waals surface area (Å²) < 4.78 is 28.8. The lowest BCUT2D eigenvalue weighted by Crippen LogP contribution is -2.13. The zero-order valence-electron chi connectivity index (χ0n) is 18.0. The second-order valence-electron chi connectivity index (χ2n) is 8.55. The second-order valence-corrected chi connectivity index (χ2v) is 8.55. The Bertz CT molecular complexity index is 1250. The number of fused-ring (bicyclic) bond motifs is 1. The van der Waals surface area contributed by atoms with E-state index in [-0.39, 0.29) is 16.9 Å². The molecule has 1 aliphatic carbocycles. The first-order chi connectivity index (χ1) is 15.6. The van der Waals surface area contributed by atoms with Crippen LogP contribution in [-0.4, -0.2) is 0 Å². The first-order valence-electron chi connectivity index (χ1n) is 11.1. The normalized spacial score (nSPS) is 17.9. The van der Waals surface area contributed by atoms with E-state index in [1.54, 1.807) is 18.2 Å². The maximum absolute atomic E-state index is 15.1. The van der Waals surface area contributed by atoms with Gasteiger partial charge >= 0.3 is 0 Å². The fourth-order valence-corrected chi connectivity index (χ4v) is 4.62. The molecule has 32 heavy (non-hydrogen) atoms. The van der Waals surface area contributed by atoms with E-state index in [0.29, 0.717) is 16.9 Å². The molecule has 1 saturated carbocycles. The van der Waals surface area contributed by atoms with Gasteiger partial charge in [0.25, 0.3) is 0 Å². The van der Waals surface area contributed by atoms with Crippen molar-refractivity contribution in [1.29, 1.82) is 5.26 Å². The minimum Gasteiger partial charge on any atom is -0.206 e. The van der Waals surface area contributed by atoms with Crippen LogP contribution in [0.25, 0.3) is 10.8 Å². The van der Waals surface area contributed by atoms with E-state index in [0.717, 1.165) is 17.7 Å². The number of nitrogens with zero attached hydrogens (tertiary/aromatic N) is 1. The maximum Gasteiger partial charge on any atom is 0.146 e. The van der Waals surface area contributed by atoms with Crippen LogP contribution in [0.2, 0.25) is 0 Å². The number of rotatable bonds is 4. The third-order valence-corrected chi connectivity index (χ3v) is 6.51. The molecule has 3 aromatic carbocycles. The predicted molar refractivity (Wildman–Crippen MR) is 125 cm³/mol. The lowest BCUT2D eigenvalue weighted by atomic mass is 9.77. The molecule has 0 bridgehead atoms. The summed E-state index contributed by atoms with van der Waals surface area (Å²) in [6.45, 7) is 3.82. The Hall–Kier alpha value is -3.43. The van der Waals surface area contributed by atoms with Crippen molar-refractivity contribution in [2.45, 2.75) is 44.4 Å². The summed E-state index contributed by atoms with van der Waals surface area (Å²) >= 11 is 0. The van der Waals surface area contributed by atoms with Gasteiger partial charge in [0, 0.05) is 10.9 Å². The Balaban J connectivity index is 1.53. The summed E-state index contributed by atoms with van der Waals surface area (Å²) in [6, 6.07) is 15.5. The van der Waals surface area contributed by atoms with Gasteiger partial charge in [0.2, 0.25) is 0 Å². The number of nitriles is 1. The van der Waals surface area contributed by atoms with Crippen LogP contribution in [0.5, 0.6) is 0 Å². The molecule has 3 heteroatoms. The highest BCUT2D eigenvalue weighted by atomic mass is 19.1. The molecule has 1 aliphatic rings. The fraction of sp³-hybridized carbons (Fsp3) is 0.276. The van der Waals surface area contributed by atoms with E-state index in [1.165, 1.54) is 49.8 Å². The average Bonchev–Trinajstić information content (AvgIpc) is 2.82. The molecule has 3 aromatic rings. The van der Waals surface area contributed by atoms with E-state index in [2.05, 4.69) is 24.5 Å². The molecule has 0 heterocycles. The Morgan fingerprint density at radius 3 is 2.44 bits per heavy atom. The lowest BCUT2D eigenvalue weighted by molar-refractivity contribution is 0.312. The summed E-state index contributed by atoms with van der Waals surface area (Å²) in [4.78, 5) is 0. The van der Waals surface area contributed by atoms with Gasteiger partial charge in [0.15, 0.2) is 0 Å². The predicted octanol–water partition coefficient (Wildman–Crippen LogP) is 7.63. The van der Waals surface area contributed by atoms with Crippen LogP contribution in [0.1, 0.15) is 66.7 Å². The van der Waals surface area contributed by atoms with E-state index < -0.39 is 5.82 Å². The number of hydrogen-bond acceptors (Lipinski definition) is 1. The zero-order valence-corrected chi connectivity index (χ0v) is 18.0. The largest absolute Gasteiger partial charge is 0.206 e. The summed E-state index contributed by atoms with van der Waals surface area (Å²) in [5.41, 5.74) is 1.93. The number of hydrogen-bond donors (Lipinski definition) is 0. The first kappa shape index (κ1) is 21.8. The van der Waals surface area contributed by atoms with E-state index in [4.69, 9.17) is 5.26 Å². The third kappa shape index (κ3) is 4.74. The van der Waals surface area contributed by atoms with Crippen LogP contribution >= 0.6 is 0 Å². The van der Waals surface area contributed by atoms with Crippen LogP contribution in [-0.2, 0) is 0 Å². The van der Waals surface area contributed by atoms with Crippen molar-refractivity contribution < 1.29 is 8.78 Å². The van der Waals surface area contributed by atoms with Gasteiger partial charge in [-0.1, -0.05) is 42.2 Å². The Labute approximate surface area is 188 Å². The van der Waals surface area contributed by atoms with Crippen LogP contribution in [0.4, 0.5) is 8.78 Å². The Morgan fingerprint density at radius 2 is 1.72 bits per heavy atom. The van der Waals surface area contributed by atoms with Gasteiger partial charge in [0.1, 0.15) is 17.7 Å². The van der Waals surface area contributed by atoms with Gasteiger partial charge in [-0.3, -0.25) is 0 Å². The third-order valence-electron chi connectivity index (χ3n) is 6.51. The monoisotopic (exact) mass is 425 g/mol. The van der Waals surface area contributed by atoms with Crippen molar-refractivity contribution >= 4 is 10.8 Å². The highest BCUT2D eigenvalue weighted by molar-refractivity contribution is 5.85. The summed E-state index contributed by atoms with van der Waals surface area (Å²) in [5.74, 6) is 5.95. The average molecular weight is 426 g/mol. The molecule has 0 N–H and O–H groups in total. The fourth-order valence-electron chi connectivity index (χ4n) is 4.62. The molecule has 0 aliphatic heterocycles. The maximum atomic E-state index is 15.1. The summed E-state index contributed by atoms with van der Waals surface area (Å²) in [7, 11) is 0. The van der Waals surface area contributed by atoms with Gasteiger partial charge in [-0.2, -0.15) is 5.26 Å². The molecular formula is C29H25F2N. The van der Waals surface area contributed by atoms with Crippen LogP contribution in [0.3, 0.4) is 0 Å². The van der Waals surface area contributed by atoms with Crippen LogP contribution in [0, 0.1) is 40.7 Å². The van der Waals surface area contributed by atoms with Crippen LogP contribution < -0.4 is 0 Å². The Morgan fingerprint density at radius 1 is 0.938 bits per heavy atom. The minimum absolute atomic E-state index is 0.0338. The zero-order chi connectivity index (χ0) is 22.5. The molecule has 0 spiro atoms. The van der Waals surface area contributed by atoms with Gasteiger partial charge in [-0.05, 0) is 85.6 Å². The molecule has 0 amide bonds. The molecule has 0 atom stereocenters. The van der Waals surface area contributed by atoms with Crippen LogP contribution in [0.15, 0.2) is 61.2 Å². The smallest absolute Gasteiger partial charge is 0.146 e. The van der Waals surface area contributed by atoms with Crippen molar-refractivity contribution in [2.24, 2.45) is 5.92 Å². The molecular weight excluding hydrogens is 400 g/mol. The highest BCUT2D eigenvalue weighted by Crippen LogP contribution is 2.38. The number of halogens is 2. The standard InChI is InChI=1S/C29H25F2N/c1-2-3-4-20-5-9-22(10-6-20)24-15-16-27-25(18-24)14-13-23(29(27)31)11-7-21-8-12-26(19-32)28(30)17-21/h2,8,12-18,20,22H,1,3-6,9-10H2. The number of benzene rings is 3. The SMILES string of the molecule is C=CCCC1CCC(c2ccc3c(F)c(C#Cc4ccc(C#N)c(F)c4)ccc3c2)CC1. The van der Waals surface area contributed by atoms with Crippen molar-refractivity contribution in [2.75, 3.05) is 0 Å². The molecule has 0 radical (unpaired) electrons. The van der Waals surface area contributed by atoms with Crippen molar-refractivity contribution in [1.82, 2.24) is 0 Å². The first-order valence-corrected chi connectivity index (χ1v) is 11.1. The Kier molecular flexibility index (Phi) is 6.67. The molecule has 0 saturated heterocycles. The van der Waals surface area contributed by atoms with E-state index >= 15 is 4.39 Å². The topological polar surface area (TPSA) is 23.8 Å². The van der Waals surface area contributed by atoms with Crippen molar-refractivity contribution in [3.8, 4) is 17.9 Å². The summed E-state index contributed by atoms with van der Waals surface area (Å²) in [5, 5.41) is 10.2. The molecule has 0 aromatic heterocycles. The molecule has 1 nitrogen and oxygen atoms in total. The number of allylic oxidation sites excluding steroid dienone is 1. The second kappa shape index (κ2) is 9.80. The minimum atomic E-state index is -0.624. The molecule has 4 rings (SSSR count). The molecule has 160 valence electrons. The van der Waals surface area contributed by atoms with Gasteiger partial charge in [-0.25, -0.2) is 8.78 Å². The summed E-state index contributed by atoms with van der Waals surface area (Å²) in [6.07, 6.45) is 9.19. The van der Waals surface area contributed by atoms with Crippen molar-refractivity contribution in [3.63, 3.8) is 0 Å². The quantitative estimate of drug-likeness (QED) is 0.311. The van der Waals surface area contributed by atoms with E-state index in [1.807, 2.05) is 24.3 Å². The van der Waals surface area contributed by atoms with Gasteiger partial charge in [-0.15, -0.1) is 6.58 Å².